The Morgan fingerprint density at radius 3 is 2.33 bits per heavy atom. The molecule has 0 heterocycles. The highest BCUT2D eigenvalue weighted by molar-refractivity contribution is 6.32. The van der Waals surface area contributed by atoms with Crippen molar-refractivity contribution in [3.63, 3.8) is 0 Å². The Bertz CT molecular complexity index is 359. The molecule has 0 fully saturated rings. The number of nitrogens with zero attached hydrogens (tertiary/aromatic N) is 3. The Morgan fingerprint density at radius 2 is 1.89 bits per heavy atom. The quantitative estimate of drug-likeness (QED) is 0.513. The van der Waals surface area contributed by atoms with Crippen molar-refractivity contribution in [2.75, 3.05) is 13.1 Å². The molecule has 0 N–H and O–H groups in total. The molecule has 0 saturated carbocycles. The molecule has 0 amide bonds. The molecule has 0 aromatic rings. The minimum Gasteiger partial charge on any atom is -0.361 e. The molecule has 1 aliphatic carbocycles. The minimum absolute atomic E-state index is 0.135. The maximum atomic E-state index is 8.74. The van der Waals surface area contributed by atoms with Gasteiger partial charge < -0.3 is 5.53 Å². The summed E-state index contributed by atoms with van der Waals surface area (Å²) in [6.07, 6.45) is 10.3. The Balaban J connectivity index is 2.73. The first kappa shape index (κ1) is 15.2. The average Bonchev–Trinajstić information content (AvgIpc) is 2.39. The summed E-state index contributed by atoms with van der Waals surface area (Å²) in [4.78, 5) is 5.57. The normalized spacial score (nSPS) is 19.0. The molecule has 0 spiro atoms. The van der Waals surface area contributed by atoms with Crippen LogP contribution in [0.5, 0.6) is 0 Å². The average molecular weight is 268 g/mol. The van der Waals surface area contributed by atoms with Crippen LogP contribution < -0.4 is 0 Å². The fourth-order valence-corrected chi connectivity index (χ4v) is 2.35. The van der Waals surface area contributed by atoms with Crippen LogP contribution >= 0.6 is 11.6 Å². The predicted molar refractivity (Wildman–Crippen MR) is 76.9 cm³/mol. The summed E-state index contributed by atoms with van der Waals surface area (Å²) in [5.41, 5.74) is 9.25. The molecule has 0 radical (unpaired) electrons. The maximum absolute atomic E-state index is 8.74. The molecule has 0 saturated heterocycles. The van der Waals surface area contributed by atoms with Gasteiger partial charge in [-0.25, -0.2) is 0 Å². The van der Waals surface area contributed by atoms with Gasteiger partial charge in [-0.15, -0.1) is 0 Å². The molecule has 0 aliphatic heterocycles. The van der Waals surface area contributed by atoms with Crippen LogP contribution in [0.15, 0.2) is 23.3 Å². The van der Waals surface area contributed by atoms with E-state index in [9.17, 15) is 0 Å². The van der Waals surface area contributed by atoms with Crippen molar-refractivity contribution in [2.24, 2.45) is 0 Å². The monoisotopic (exact) mass is 267 g/mol. The maximum Gasteiger partial charge on any atom is 0.316 e. The number of hydrogen-bond acceptors (Lipinski definition) is 1. The first-order valence-electron chi connectivity index (χ1n) is 6.74. The highest BCUT2D eigenvalue weighted by atomic mass is 35.5. The Kier molecular flexibility index (Phi) is 6.96. The minimum atomic E-state index is 0.135. The van der Waals surface area contributed by atoms with Gasteiger partial charge in [0.25, 0.3) is 0 Å². The molecule has 100 valence electrons. The van der Waals surface area contributed by atoms with E-state index in [0.29, 0.717) is 5.71 Å². The van der Waals surface area contributed by atoms with Gasteiger partial charge in [0.1, 0.15) is 0 Å². The standard InChI is InChI=1S/C14H22ClN3/c1-3-5-9-18(10-6-4-2)14-8-7-12(17-16)11-13(14)15/h7-8,11,14H,3-6,9-10H2,1-2H3. The molecule has 18 heavy (non-hydrogen) atoms. The van der Waals surface area contributed by atoms with Gasteiger partial charge in [0.15, 0.2) is 0 Å². The summed E-state index contributed by atoms with van der Waals surface area (Å²) in [6.45, 7) is 6.51. The fraction of sp³-hybridized carbons (Fsp3) is 0.643. The highest BCUT2D eigenvalue weighted by Gasteiger charge is 2.23. The van der Waals surface area contributed by atoms with Crippen LogP contribution in [0.25, 0.3) is 5.53 Å². The summed E-state index contributed by atoms with van der Waals surface area (Å²) in [6, 6.07) is 0.135. The lowest BCUT2D eigenvalue weighted by atomic mass is 10.1. The lowest BCUT2D eigenvalue weighted by Crippen LogP contribution is -2.37. The molecule has 0 aromatic heterocycles. The molecule has 0 aromatic carbocycles. The van der Waals surface area contributed by atoms with E-state index in [0.717, 1.165) is 18.1 Å². The van der Waals surface area contributed by atoms with Gasteiger partial charge >= 0.3 is 5.71 Å². The molecule has 1 rings (SSSR count). The zero-order valence-electron chi connectivity index (χ0n) is 11.3. The van der Waals surface area contributed by atoms with E-state index in [-0.39, 0.29) is 6.04 Å². The third kappa shape index (κ3) is 4.41. The molecular weight excluding hydrogens is 246 g/mol. The van der Waals surface area contributed by atoms with E-state index in [1.165, 1.54) is 25.7 Å². The van der Waals surface area contributed by atoms with Crippen LogP contribution in [0.2, 0.25) is 0 Å². The molecule has 0 bridgehead atoms. The lowest BCUT2D eigenvalue weighted by molar-refractivity contribution is -0.00178. The number of halogens is 1. The van der Waals surface area contributed by atoms with Gasteiger partial charge in [-0.2, -0.15) is 4.79 Å². The van der Waals surface area contributed by atoms with Crippen molar-refractivity contribution < 1.29 is 4.79 Å². The Morgan fingerprint density at radius 1 is 1.28 bits per heavy atom. The third-order valence-electron chi connectivity index (χ3n) is 3.12. The second-order valence-corrected chi connectivity index (χ2v) is 5.04. The van der Waals surface area contributed by atoms with Crippen LogP contribution in [-0.4, -0.2) is 34.5 Å². The van der Waals surface area contributed by atoms with E-state index in [4.69, 9.17) is 17.1 Å². The zero-order chi connectivity index (χ0) is 13.4. The number of allylic oxidation sites excluding steroid dienone is 2. The molecule has 1 unspecified atom stereocenters. The Hall–Kier alpha value is -0.890. The van der Waals surface area contributed by atoms with Gasteiger partial charge in [-0.05, 0) is 25.9 Å². The summed E-state index contributed by atoms with van der Waals surface area (Å²) >= 11 is 6.29. The van der Waals surface area contributed by atoms with Gasteiger partial charge in [0.2, 0.25) is 0 Å². The van der Waals surface area contributed by atoms with Gasteiger partial charge in [0, 0.05) is 17.2 Å². The predicted octanol–water partition coefficient (Wildman–Crippen LogP) is 3.62. The van der Waals surface area contributed by atoms with Crippen molar-refractivity contribution in [3.05, 3.63) is 28.8 Å². The summed E-state index contributed by atoms with van der Waals surface area (Å²) < 4.78 is 0. The molecule has 1 aliphatic rings. The van der Waals surface area contributed by atoms with Gasteiger partial charge in [-0.3, -0.25) is 4.90 Å². The van der Waals surface area contributed by atoms with Crippen molar-refractivity contribution in [3.8, 4) is 0 Å². The summed E-state index contributed by atoms with van der Waals surface area (Å²) in [7, 11) is 0. The highest BCUT2D eigenvalue weighted by Crippen LogP contribution is 2.21. The van der Waals surface area contributed by atoms with Crippen LogP contribution in [0.3, 0.4) is 0 Å². The van der Waals surface area contributed by atoms with Gasteiger partial charge in [-0.1, -0.05) is 44.4 Å². The molecular formula is C14H22ClN3. The van der Waals surface area contributed by atoms with Crippen molar-refractivity contribution in [2.45, 2.75) is 45.6 Å². The lowest BCUT2D eigenvalue weighted by Gasteiger charge is -2.30. The van der Waals surface area contributed by atoms with E-state index < -0.39 is 0 Å². The van der Waals surface area contributed by atoms with E-state index in [1.807, 2.05) is 12.2 Å². The van der Waals surface area contributed by atoms with E-state index in [2.05, 4.69) is 23.5 Å². The fourth-order valence-electron chi connectivity index (χ4n) is 2.03. The smallest absolute Gasteiger partial charge is 0.316 e. The van der Waals surface area contributed by atoms with Crippen LogP contribution in [0.1, 0.15) is 39.5 Å². The van der Waals surface area contributed by atoms with Crippen LogP contribution in [0.4, 0.5) is 0 Å². The largest absolute Gasteiger partial charge is 0.361 e. The van der Waals surface area contributed by atoms with Crippen LogP contribution in [0, 0.1) is 0 Å². The second kappa shape index (κ2) is 8.25. The van der Waals surface area contributed by atoms with Crippen LogP contribution in [-0.2, 0) is 0 Å². The Labute approximate surface area is 115 Å². The van der Waals surface area contributed by atoms with Crippen molar-refractivity contribution >= 4 is 17.3 Å². The van der Waals surface area contributed by atoms with E-state index >= 15 is 0 Å². The second-order valence-electron chi connectivity index (χ2n) is 4.60. The van der Waals surface area contributed by atoms with Crippen molar-refractivity contribution in [1.29, 1.82) is 0 Å². The summed E-state index contributed by atoms with van der Waals surface area (Å²) in [5.74, 6) is 0. The number of rotatable bonds is 7. The topological polar surface area (TPSA) is 39.6 Å². The number of unbranched alkanes of at least 4 members (excludes halogenated alkanes) is 2. The molecule has 1 atom stereocenters. The van der Waals surface area contributed by atoms with Gasteiger partial charge in [0.05, 0.1) is 6.04 Å². The van der Waals surface area contributed by atoms with Crippen molar-refractivity contribution in [1.82, 2.24) is 4.90 Å². The molecule has 3 nitrogen and oxygen atoms in total. The number of hydrogen-bond donors (Lipinski definition) is 0. The summed E-state index contributed by atoms with van der Waals surface area (Å²) in [5, 5.41) is 0.734. The molecule has 4 heteroatoms. The first-order valence-corrected chi connectivity index (χ1v) is 7.12. The van der Waals surface area contributed by atoms with E-state index in [1.54, 1.807) is 6.08 Å². The third-order valence-corrected chi connectivity index (χ3v) is 3.46. The zero-order valence-corrected chi connectivity index (χ0v) is 12.0. The first-order chi connectivity index (χ1) is 8.72. The SMILES string of the molecule is CCCCN(CCCC)C1C=CC(=[N+]=[N-])C=C1Cl.